The number of aryl methyl sites for hydroxylation is 2. The van der Waals surface area contributed by atoms with Gasteiger partial charge in [-0.3, -0.25) is 4.79 Å². The van der Waals surface area contributed by atoms with Crippen molar-refractivity contribution in [3.05, 3.63) is 62.1 Å². The predicted octanol–water partition coefficient (Wildman–Crippen LogP) is 4.96. The average Bonchev–Trinajstić information content (AvgIpc) is 2.42. The summed E-state index contributed by atoms with van der Waals surface area (Å²) in [5, 5.41) is 0.477. The first-order chi connectivity index (χ1) is 9.43. The lowest BCUT2D eigenvalue weighted by Crippen LogP contribution is -2.04. The van der Waals surface area contributed by atoms with Crippen LogP contribution >= 0.6 is 27.5 Å². The van der Waals surface area contributed by atoms with Crippen molar-refractivity contribution in [1.82, 2.24) is 0 Å². The Kier molecular flexibility index (Phi) is 4.51. The van der Waals surface area contributed by atoms with E-state index in [0.717, 1.165) is 15.6 Å². The van der Waals surface area contributed by atoms with Gasteiger partial charge in [0.1, 0.15) is 5.75 Å². The minimum Gasteiger partial charge on any atom is -0.496 e. The van der Waals surface area contributed by atoms with Crippen LogP contribution in [0.2, 0.25) is 5.02 Å². The van der Waals surface area contributed by atoms with Gasteiger partial charge < -0.3 is 4.74 Å². The summed E-state index contributed by atoms with van der Waals surface area (Å²) < 4.78 is 5.90. The molecule has 0 N–H and O–H groups in total. The minimum absolute atomic E-state index is 0.0959. The maximum atomic E-state index is 12.5. The molecule has 0 aliphatic heterocycles. The third-order valence-corrected chi connectivity index (χ3v) is 4.17. The Labute approximate surface area is 131 Å². The van der Waals surface area contributed by atoms with Crippen LogP contribution in [0, 0.1) is 13.8 Å². The number of rotatable bonds is 3. The number of benzene rings is 2. The number of ketones is 1. The van der Waals surface area contributed by atoms with Crippen molar-refractivity contribution in [2.75, 3.05) is 7.11 Å². The summed E-state index contributed by atoms with van der Waals surface area (Å²) >= 11 is 9.57. The van der Waals surface area contributed by atoms with Crippen LogP contribution in [0.4, 0.5) is 0 Å². The molecule has 2 nitrogen and oxygen atoms in total. The average molecular weight is 354 g/mol. The number of methoxy groups -OCH3 is 1. The second-order valence-electron chi connectivity index (χ2n) is 4.59. The second-order valence-corrected chi connectivity index (χ2v) is 5.86. The van der Waals surface area contributed by atoms with Gasteiger partial charge in [-0.25, -0.2) is 0 Å². The molecule has 0 aromatic heterocycles. The van der Waals surface area contributed by atoms with E-state index >= 15 is 0 Å². The van der Waals surface area contributed by atoms with Gasteiger partial charge >= 0.3 is 0 Å². The molecule has 2 aromatic carbocycles. The van der Waals surface area contributed by atoms with Crippen molar-refractivity contribution in [2.24, 2.45) is 0 Å². The highest BCUT2D eigenvalue weighted by Gasteiger charge is 2.15. The van der Waals surface area contributed by atoms with E-state index in [2.05, 4.69) is 15.9 Å². The first-order valence-corrected chi connectivity index (χ1v) is 7.26. The van der Waals surface area contributed by atoms with Gasteiger partial charge in [-0.15, -0.1) is 0 Å². The van der Waals surface area contributed by atoms with Crippen LogP contribution in [0.5, 0.6) is 5.75 Å². The first-order valence-electron chi connectivity index (χ1n) is 6.09. The molecule has 0 radical (unpaired) electrons. The zero-order chi connectivity index (χ0) is 14.9. The number of hydrogen-bond donors (Lipinski definition) is 0. The molecule has 0 bridgehead atoms. The standard InChI is InChI=1S/C16H14BrClO2/c1-9-6-12(14(18)7-10(9)2)16(19)11-4-5-15(20-3)13(17)8-11/h4-8H,1-3H3. The lowest BCUT2D eigenvalue weighted by Gasteiger charge is -2.09. The van der Waals surface area contributed by atoms with E-state index < -0.39 is 0 Å². The van der Waals surface area contributed by atoms with Gasteiger partial charge in [-0.1, -0.05) is 11.6 Å². The minimum atomic E-state index is -0.0959. The highest BCUT2D eigenvalue weighted by molar-refractivity contribution is 9.10. The fourth-order valence-corrected chi connectivity index (χ4v) is 2.76. The lowest BCUT2D eigenvalue weighted by atomic mass is 9.99. The van der Waals surface area contributed by atoms with E-state index in [1.807, 2.05) is 26.0 Å². The van der Waals surface area contributed by atoms with Crippen LogP contribution in [-0.2, 0) is 0 Å². The van der Waals surface area contributed by atoms with Crippen LogP contribution in [0.25, 0.3) is 0 Å². The second kappa shape index (κ2) is 5.98. The van der Waals surface area contributed by atoms with E-state index in [-0.39, 0.29) is 5.78 Å². The maximum Gasteiger partial charge on any atom is 0.194 e. The van der Waals surface area contributed by atoms with E-state index in [4.69, 9.17) is 16.3 Å². The number of ether oxygens (including phenoxy) is 1. The largest absolute Gasteiger partial charge is 0.496 e. The van der Waals surface area contributed by atoms with Crippen molar-refractivity contribution in [3.8, 4) is 5.75 Å². The van der Waals surface area contributed by atoms with Crippen molar-refractivity contribution < 1.29 is 9.53 Å². The maximum absolute atomic E-state index is 12.5. The summed E-state index contributed by atoms with van der Waals surface area (Å²) in [6.07, 6.45) is 0. The number of halogens is 2. The Hall–Kier alpha value is -1.32. The zero-order valence-electron chi connectivity index (χ0n) is 11.5. The first kappa shape index (κ1) is 15.1. The Balaban J connectivity index is 2.46. The Morgan fingerprint density at radius 3 is 2.40 bits per heavy atom. The Morgan fingerprint density at radius 1 is 1.15 bits per heavy atom. The molecule has 20 heavy (non-hydrogen) atoms. The molecule has 0 saturated heterocycles. The number of carbonyl (C=O) groups excluding carboxylic acids is 1. The molecular formula is C16H14BrClO2. The van der Waals surface area contributed by atoms with Crippen molar-refractivity contribution in [2.45, 2.75) is 13.8 Å². The van der Waals surface area contributed by atoms with Gasteiger partial charge in [0, 0.05) is 11.1 Å². The molecule has 0 spiro atoms. The van der Waals surface area contributed by atoms with Crippen molar-refractivity contribution in [1.29, 1.82) is 0 Å². The molecule has 2 rings (SSSR count). The highest BCUT2D eigenvalue weighted by atomic mass is 79.9. The summed E-state index contributed by atoms with van der Waals surface area (Å²) in [4.78, 5) is 12.5. The van der Waals surface area contributed by atoms with Gasteiger partial charge in [0.05, 0.1) is 16.6 Å². The fraction of sp³-hybridized carbons (Fsp3) is 0.188. The highest BCUT2D eigenvalue weighted by Crippen LogP contribution is 2.28. The molecule has 0 saturated carbocycles. The topological polar surface area (TPSA) is 26.3 Å². The third-order valence-electron chi connectivity index (χ3n) is 3.24. The molecule has 0 atom stereocenters. The normalized spacial score (nSPS) is 10.4. The molecule has 4 heteroatoms. The van der Waals surface area contributed by atoms with Gasteiger partial charge in [0.25, 0.3) is 0 Å². The van der Waals surface area contributed by atoms with E-state index in [9.17, 15) is 4.79 Å². The van der Waals surface area contributed by atoms with Crippen LogP contribution in [0.15, 0.2) is 34.8 Å². The molecule has 0 aliphatic rings. The molecule has 0 amide bonds. The fourth-order valence-electron chi connectivity index (χ4n) is 1.92. The number of carbonyl (C=O) groups is 1. The third kappa shape index (κ3) is 2.89. The number of hydrogen-bond acceptors (Lipinski definition) is 2. The summed E-state index contributed by atoms with van der Waals surface area (Å²) in [7, 11) is 1.59. The summed E-state index contributed by atoms with van der Waals surface area (Å²) in [6.45, 7) is 3.94. The molecule has 104 valence electrons. The van der Waals surface area contributed by atoms with Crippen molar-refractivity contribution >= 4 is 33.3 Å². The SMILES string of the molecule is COc1ccc(C(=O)c2cc(C)c(C)cc2Cl)cc1Br. The van der Waals surface area contributed by atoms with Crippen LogP contribution < -0.4 is 4.74 Å². The van der Waals surface area contributed by atoms with E-state index in [1.165, 1.54) is 0 Å². The van der Waals surface area contributed by atoms with Crippen LogP contribution in [-0.4, -0.2) is 12.9 Å². The Bertz CT molecular complexity index is 680. The summed E-state index contributed by atoms with van der Waals surface area (Å²) in [6, 6.07) is 8.89. The van der Waals surface area contributed by atoms with Gasteiger partial charge in [-0.2, -0.15) is 0 Å². The van der Waals surface area contributed by atoms with E-state index in [1.54, 1.807) is 25.3 Å². The van der Waals surface area contributed by atoms with Gasteiger partial charge in [-0.05, 0) is 71.2 Å². The molecule has 0 aliphatic carbocycles. The van der Waals surface area contributed by atoms with Crippen LogP contribution in [0.1, 0.15) is 27.0 Å². The molecule has 2 aromatic rings. The van der Waals surface area contributed by atoms with Gasteiger partial charge in [0.15, 0.2) is 5.78 Å². The van der Waals surface area contributed by atoms with Gasteiger partial charge in [0.2, 0.25) is 0 Å². The van der Waals surface area contributed by atoms with E-state index in [0.29, 0.717) is 21.9 Å². The summed E-state index contributed by atoms with van der Waals surface area (Å²) in [5.74, 6) is 0.592. The molecule has 0 heterocycles. The summed E-state index contributed by atoms with van der Waals surface area (Å²) in [5.41, 5.74) is 3.21. The molecule has 0 fully saturated rings. The molecule has 0 unspecified atom stereocenters. The van der Waals surface area contributed by atoms with Crippen molar-refractivity contribution in [3.63, 3.8) is 0 Å². The quantitative estimate of drug-likeness (QED) is 0.729. The monoisotopic (exact) mass is 352 g/mol. The van der Waals surface area contributed by atoms with Crippen LogP contribution in [0.3, 0.4) is 0 Å². The smallest absolute Gasteiger partial charge is 0.194 e. The Morgan fingerprint density at radius 2 is 1.80 bits per heavy atom. The predicted molar refractivity (Wildman–Crippen MR) is 85.1 cm³/mol. The lowest BCUT2D eigenvalue weighted by molar-refractivity contribution is 0.103. The molecular weight excluding hydrogens is 340 g/mol. The zero-order valence-corrected chi connectivity index (χ0v) is 13.8.